The first-order chi connectivity index (χ1) is 21.7. The number of carbonyl (C=O) groups excluding carboxylic acids is 1. The van der Waals surface area contributed by atoms with Gasteiger partial charge in [-0.15, -0.1) is 0 Å². The van der Waals surface area contributed by atoms with Gasteiger partial charge < -0.3 is 9.84 Å². The molecule has 1 saturated heterocycles. The summed E-state index contributed by atoms with van der Waals surface area (Å²) in [6, 6.07) is 13.2. The van der Waals surface area contributed by atoms with Crippen LogP contribution in [0.3, 0.4) is 0 Å². The number of phenols is 1. The van der Waals surface area contributed by atoms with Gasteiger partial charge >= 0.3 is 24.6 Å². The Hall–Kier alpha value is -4.68. The molecule has 47 heavy (non-hydrogen) atoms. The highest BCUT2D eigenvalue weighted by Gasteiger charge is 2.43. The van der Waals surface area contributed by atoms with Crippen LogP contribution >= 0.6 is 0 Å². The Morgan fingerprint density at radius 1 is 0.894 bits per heavy atom. The minimum absolute atomic E-state index is 0.100. The number of hydrogen-bond donors (Lipinski definition) is 1. The van der Waals surface area contributed by atoms with E-state index in [4.69, 9.17) is 4.74 Å². The van der Waals surface area contributed by atoms with Crippen molar-refractivity contribution in [2.45, 2.75) is 58.0 Å². The fourth-order valence-corrected chi connectivity index (χ4v) is 5.14. The van der Waals surface area contributed by atoms with Gasteiger partial charge in [0.2, 0.25) is 0 Å². The summed E-state index contributed by atoms with van der Waals surface area (Å²) in [5.41, 5.74) is -2.16. The number of aromatic hydroxyl groups is 1. The molecule has 4 rings (SSSR count). The quantitative estimate of drug-likeness (QED) is 0.201. The first-order valence-corrected chi connectivity index (χ1v) is 14.0. The molecule has 3 aromatic carbocycles. The van der Waals surface area contributed by atoms with Crippen molar-refractivity contribution in [2.24, 2.45) is 0 Å². The monoisotopic (exact) mass is 669 g/mol. The minimum Gasteiger partial charge on any atom is -0.507 e. The van der Waals surface area contributed by atoms with E-state index < -0.39 is 65.6 Å². The Kier molecular flexibility index (Phi) is 9.61. The van der Waals surface area contributed by atoms with E-state index in [1.807, 2.05) is 25.1 Å². The lowest BCUT2D eigenvalue weighted by atomic mass is 9.92. The SMILES string of the molecule is C=C(/C=C(\C=C(/C)C(F)(F)F)C1OC(=O)N(Cc2cc(C(F)(F)F)ccc2-c2cc(-c3ccccc3C)ccc2O)C1C)C(F)(F)F. The van der Waals surface area contributed by atoms with Gasteiger partial charge in [0, 0.05) is 16.7 Å². The van der Waals surface area contributed by atoms with Crippen LogP contribution in [0.1, 0.15) is 30.5 Å². The second-order valence-electron chi connectivity index (χ2n) is 11.1. The van der Waals surface area contributed by atoms with Crippen molar-refractivity contribution in [3.05, 3.63) is 113 Å². The number of hydrogen-bond acceptors (Lipinski definition) is 3. The van der Waals surface area contributed by atoms with Crippen LogP contribution in [0.2, 0.25) is 0 Å². The van der Waals surface area contributed by atoms with Gasteiger partial charge in [0.05, 0.1) is 18.2 Å². The predicted molar refractivity (Wildman–Crippen MR) is 157 cm³/mol. The highest BCUT2D eigenvalue weighted by molar-refractivity contribution is 5.81. The molecule has 1 aliphatic rings. The van der Waals surface area contributed by atoms with Gasteiger partial charge in [-0.2, -0.15) is 39.5 Å². The molecular weight excluding hydrogens is 641 g/mol. The van der Waals surface area contributed by atoms with Crippen LogP contribution < -0.4 is 0 Å². The normalized spacial score (nSPS) is 18.0. The summed E-state index contributed by atoms with van der Waals surface area (Å²) < 4.78 is 127. The number of cyclic esters (lactones) is 1. The van der Waals surface area contributed by atoms with Crippen LogP contribution in [0.15, 0.2) is 96.1 Å². The first kappa shape index (κ1) is 35.2. The van der Waals surface area contributed by atoms with Crippen LogP contribution in [-0.4, -0.2) is 40.6 Å². The third-order valence-corrected chi connectivity index (χ3v) is 7.77. The zero-order valence-corrected chi connectivity index (χ0v) is 25.1. The van der Waals surface area contributed by atoms with E-state index in [1.54, 1.807) is 18.2 Å². The van der Waals surface area contributed by atoms with Gasteiger partial charge in [-0.25, -0.2) is 4.79 Å². The molecule has 0 radical (unpaired) electrons. The largest absolute Gasteiger partial charge is 0.507 e. The zero-order chi connectivity index (χ0) is 35.1. The number of carbonyl (C=O) groups is 1. The lowest BCUT2D eigenvalue weighted by molar-refractivity contribution is -0.137. The van der Waals surface area contributed by atoms with Crippen LogP contribution in [-0.2, 0) is 17.5 Å². The molecule has 2 unspecified atom stereocenters. The van der Waals surface area contributed by atoms with E-state index in [9.17, 15) is 49.4 Å². The number of halogens is 9. The molecule has 0 saturated carbocycles. The Morgan fingerprint density at radius 2 is 1.55 bits per heavy atom. The number of allylic oxidation sites excluding steroid dienone is 3. The highest BCUT2D eigenvalue weighted by atomic mass is 19.4. The van der Waals surface area contributed by atoms with Gasteiger partial charge in [0.25, 0.3) is 0 Å². The van der Waals surface area contributed by atoms with Gasteiger partial charge in [0.1, 0.15) is 11.9 Å². The number of rotatable bonds is 7. The van der Waals surface area contributed by atoms with E-state index in [0.717, 1.165) is 34.2 Å². The summed E-state index contributed by atoms with van der Waals surface area (Å²) in [7, 11) is 0. The molecule has 250 valence electrons. The number of ether oxygens (including phenoxy) is 1. The molecule has 0 bridgehead atoms. The average molecular weight is 670 g/mol. The van der Waals surface area contributed by atoms with Crippen molar-refractivity contribution in [2.75, 3.05) is 0 Å². The number of alkyl halides is 9. The van der Waals surface area contributed by atoms with E-state index in [-0.39, 0.29) is 22.4 Å². The molecule has 0 aromatic heterocycles. The molecule has 2 atom stereocenters. The summed E-state index contributed by atoms with van der Waals surface area (Å²) in [4.78, 5) is 14.0. The van der Waals surface area contributed by atoms with Crippen LogP contribution in [0.4, 0.5) is 44.3 Å². The van der Waals surface area contributed by atoms with E-state index in [2.05, 4.69) is 6.58 Å². The third kappa shape index (κ3) is 7.83. The Bertz CT molecular complexity index is 1750. The number of phenolic OH excluding ortho intramolecular Hbond substituents is 1. The molecule has 1 fully saturated rings. The van der Waals surface area contributed by atoms with Crippen LogP contribution in [0, 0.1) is 6.92 Å². The summed E-state index contributed by atoms with van der Waals surface area (Å²) in [6.07, 6.45) is -16.9. The second kappa shape index (κ2) is 12.8. The third-order valence-electron chi connectivity index (χ3n) is 7.77. The summed E-state index contributed by atoms with van der Waals surface area (Å²) in [5.74, 6) is -0.290. The average Bonchev–Trinajstić information content (AvgIpc) is 3.24. The van der Waals surface area contributed by atoms with Crippen LogP contribution in [0.25, 0.3) is 22.3 Å². The molecule has 1 heterocycles. The molecule has 1 aliphatic heterocycles. The summed E-state index contributed by atoms with van der Waals surface area (Å²) >= 11 is 0. The van der Waals surface area contributed by atoms with E-state index >= 15 is 0 Å². The molecule has 1 amide bonds. The predicted octanol–water partition coefficient (Wildman–Crippen LogP) is 10.3. The summed E-state index contributed by atoms with van der Waals surface area (Å²) in [5, 5.41) is 10.8. The molecule has 3 aromatic rings. The van der Waals surface area contributed by atoms with E-state index in [1.165, 1.54) is 13.0 Å². The van der Waals surface area contributed by atoms with Gasteiger partial charge in [0.15, 0.2) is 0 Å². The van der Waals surface area contributed by atoms with Crippen molar-refractivity contribution < 1.29 is 54.2 Å². The highest BCUT2D eigenvalue weighted by Crippen LogP contribution is 2.41. The fraction of sp³-hybridized carbons (Fsp3) is 0.265. The van der Waals surface area contributed by atoms with Crippen molar-refractivity contribution in [1.82, 2.24) is 4.90 Å². The maximum atomic E-state index is 13.8. The van der Waals surface area contributed by atoms with Crippen LogP contribution in [0.5, 0.6) is 5.75 Å². The molecule has 0 aliphatic carbocycles. The maximum Gasteiger partial charge on any atom is 0.416 e. The lowest BCUT2D eigenvalue weighted by Gasteiger charge is -2.24. The second-order valence-corrected chi connectivity index (χ2v) is 11.1. The van der Waals surface area contributed by atoms with Crippen molar-refractivity contribution in [3.8, 4) is 28.0 Å². The van der Waals surface area contributed by atoms with Crippen molar-refractivity contribution >= 4 is 6.09 Å². The molecule has 0 spiro atoms. The molecule has 13 heteroatoms. The first-order valence-electron chi connectivity index (χ1n) is 14.0. The van der Waals surface area contributed by atoms with Gasteiger partial charge in [-0.3, -0.25) is 4.90 Å². The maximum absolute atomic E-state index is 13.8. The van der Waals surface area contributed by atoms with E-state index in [0.29, 0.717) is 24.6 Å². The lowest BCUT2D eigenvalue weighted by Crippen LogP contribution is -2.34. The van der Waals surface area contributed by atoms with Crippen molar-refractivity contribution in [3.63, 3.8) is 0 Å². The van der Waals surface area contributed by atoms with Gasteiger partial charge in [-0.05, 0) is 90.6 Å². The Labute approximate surface area is 264 Å². The number of amides is 1. The number of nitrogens with zero attached hydrogens (tertiary/aromatic N) is 1. The Morgan fingerprint density at radius 3 is 2.15 bits per heavy atom. The minimum atomic E-state index is -5.02. The van der Waals surface area contributed by atoms with Gasteiger partial charge in [-0.1, -0.05) is 43.0 Å². The molecule has 4 nitrogen and oxygen atoms in total. The fourth-order valence-electron chi connectivity index (χ4n) is 5.14. The smallest absolute Gasteiger partial charge is 0.416 e. The molecule has 1 N–H and O–H groups in total. The standard InChI is InChI=1S/C34H28F9NO3/c1-18-7-5-6-8-26(18)22-9-12-29(45)28(16-22)27-11-10-25(34(41,42)43)15-24(27)17-44-21(4)30(47-31(44)46)23(13-19(2)32(35,36)37)14-20(3)33(38,39)40/h5-16,21,30,45H,2,17H2,1,3-4H3/b20-14+,23-13+. The van der Waals surface area contributed by atoms with Crippen molar-refractivity contribution in [1.29, 1.82) is 0 Å². The number of benzene rings is 3. The molecular formula is C34H28F9NO3. The topological polar surface area (TPSA) is 49.8 Å². The summed E-state index contributed by atoms with van der Waals surface area (Å²) in [6.45, 7) is 6.01. The zero-order valence-electron chi connectivity index (χ0n) is 25.1. The Balaban J connectivity index is 1.81. The number of aryl methyl sites for hydroxylation is 1.